The summed E-state index contributed by atoms with van der Waals surface area (Å²) in [4.78, 5) is 23.6. The molecule has 0 fully saturated rings. The molecule has 2 aromatic rings. The molecule has 23 heavy (non-hydrogen) atoms. The molecular weight excluding hydrogens is 312 g/mol. The number of benzene rings is 2. The summed E-state index contributed by atoms with van der Waals surface area (Å²) in [6.45, 7) is 5.17. The zero-order valence-corrected chi connectivity index (χ0v) is 14.1. The molecule has 0 aliphatic heterocycles. The van der Waals surface area contributed by atoms with Crippen LogP contribution in [0.2, 0.25) is 5.02 Å². The van der Waals surface area contributed by atoms with Gasteiger partial charge in [-0.05, 0) is 55.8 Å². The minimum Gasteiger partial charge on any atom is -0.326 e. The van der Waals surface area contributed by atoms with E-state index in [1.165, 1.54) is 6.92 Å². The predicted octanol–water partition coefficient (Wildman–Crippen LogP) is 4.21. The number of halogens is 1. The Labute approximate surface area is 140 Å². The van der Waals surface area contributed by atoms with Gasteiger partial charge in [0.15, 0.2) is 0 Å². The second-order valence-corrected chi connectivity index (χ2v) is 6.28. The van der Waals surface area contributed by atoms with Crippen molar-refractivity contribution >= 4 is 34.8 Å². The normalized spacial score (nSPS) is 11.0. The van der Waals surface area contributed by atoms with Crippen LogP contribution in [0.5, 0.6) is 0 Å². The Morgan fingerprint density at radius 2 is 1.35 bits per heavy atom. The van der Waals surface area contributed by atoms with Crippen LogP contribution in [0.1, 0.15) is 26.3 Å². The molecule has 2 rings (SSSR count). The van der Waals surface area contributed by atoms with Crippen LogP contribution in [0.15, 0.2) is 48.5 Å². The fourth-order valence-electron chi connectivity index (χ4n) is 2.13. The molecule has 0 spiro atoms. The number of nitrogens with one attached hydrogen (secondary N) is 2. The average Bonchev–Trinajstić information content (AvgIpc) is 2.49. The Kier molecular flexibility index (Phi) is 5.06. The first-order chi connectivity index (χ1) is 10.8. The van der Waals surface area contributed by atoms with Gasteiger partial charge in [-0.3, -0.25) is 9.59 Å². The van der Waals surface area contributed by atoms with Gasteiger partial charge in [-0.15, -0.1) is 0 Å². The van der Waals surface area contributed by atoms with E-state index >= 15 is 0 Å². The summed E-state index contributed by atoms with van der Waals surface area (Å²) in [5.74, 6) is -0.252. The van der Waals surface area contributed by atoms with E-state index in [2.05, 4.69) is 10.6 Å². The van der Waals surface area contributed by atoms with Gasteiger partial charge in [0.25, 0.3) is 0 Å². The van der Waals surface area contributed by atoms with Crippen LogP contribution < -0.4 is 10.6 Å². The summed E-state index contributed by atoms with van der Waals surface area (Å²) in [6.07, 6.45) is 0. The lowest BCUT2D eigenvalue weighted by atomic mass is 9.83. The van der Waals surface area contributed by atoms with Gasteiger partial charge >= 0.3 is 0 Å². The smallest absolute Gasteiger partial charge is 0.234 e. The van der Waals surface area contributed by atoms with Crippen LogP contribution in [0.4, 0.5) is 11.4 Å². The summed E-state index contributed by atoms with van der Waals surface area (Å²) in [6, 6.07) is 14.2. The quantitative estimate of drug-likeness (QED) is 0.882. The van der Waals surface area contributed by atoms with Crippen molar-refractivity contribution in [1.29, 1.82) is 0 Å². The maximum Gasteiger partial charge on any atom is 0.234 e. The molecule has 4 nitrogen and oxygen atoms in total. The predicted molar refractivity (Wildman–Crippen MR) is 93.9 cm³/mol. The van der Waals surface area contributed by atoms with Crippen LogP contribution in [0.25, 0.3) is 0 Å². The van der Waals surface area contributed by atoms with E-state index in [1.54, 1.807) is 36.4 Å². The summed E-state index contributed by atoms with van der Waals surface area (Å²) in [5.41, 5.74) is 1.55. The molecule has 0 bridgehead atoms. The van der Waals surface area contributed by atoms with E-state index in [0.29, 0.717) is 16.4 Å². The van der Waals surface area contributed by atoms with E-state index in [9.17, 15) is 9.59 Å². The van der Waals surface area contributed by atoms with E-state index in [4.69, 9.17) is 11.6 Å². The molecule has 0 aliphatic rings. The van der Waals surface area contributed by atoms with Crippen molar-refractivity contribution in [3.63, 3.8) is 0 Å². The number of carbonyl (C=O) groups excluding carboxylic acids is 2. The first-order valence-electron chi connectivity index (χ1n) is 7.24. The van der Waals surface area contributed by atoms with Crippen molar-refractivity contribution in [1.82, 2.24) is 0 Å². The largest absolute Gasteiger partial charge is 0.326 e. The number of anilines is 2. The highest BCUT2D eigenvalue weighted by Gasteiger charge is 2.29. The highest BCUT2D eigenvalue weighted by atomic mass is 35.5. The maximum atomic E-state index is 12.6. The fourth-order valence-corrected chi connectivity index (χ4v) is 2.25. The zero-order valence-electron chi connectivity index (χ0n) is 13.3. The van der Waals surface area contributed by atoms with Gasteiger partial charge in [-0.1, -0.05) is 23.7 Å². The number of rotatable bonds is 4. The van der Waals surface area contributed by atoms with Gasteiger partial charge < -0.3 is 10.6 Å². The average molecular weight is 331 g/mol. The Morgan fingerprint density at radius 3 is 1.83 bits per heavy atom. The van der Waals surface area contributed by atoms with Crippen molar-refractivity contribution in [2.45, 2.75) is 26.2 Å². The van der Waals surface area contributed by atoms with Crippen LogP contribution >= 0.6 is 11.6 Å². The lowest BCUT2D eigenvalue weighted by molar-refractivity contribution is -0.120. The number of carbonyl (C=O) groups is 2. The minimum absolute atomic E-state index is 0.118. The van der Waals surface area contributed by atoms with E-state index in [0.717, 1.165) is 5.56 Å². The van der Waals surface area contributed by atoms with Crippen LogP contribution in [-0.4, -0.2) is 11.8 Å². The second-order valence-electron chi connectivity index (χ2n) is 5.84. The van der Waals surface area contributed by atoms with Gasteiger partial charge in [0.05, 0.1) is 5.41 Å². The molecule has 0 aromatic heterocycles. The molecule has 0 saturated heterocycles. The lowest BCUT2D eigenvalue weighted by Crippen LogP contribution is -2.34. The molecule has 0 atom stereocenters. The summed E-state index contributed by atoms with van der Waals surface area (Å²) in [7, 11) is 0. The van der Waals surface area contributed by atoms with Crippen LogP contribution in [0, 0.1) is 0 Å². The third-order valence-electron chi connectivity index (χ3n) is 3.60. The molecule has 0 heterocycles. The van der Waals surface area contributed by atoms with Crippen molar-refractivity contribution < 1.29 is 9.59 Å². The monoisotopic (exact) mass is 330 g/mol. The first-order valence-corrected chi connectivity index (χ1v) is 7.62. The van der Waals surface area contributed by atoms with Gasteiger partial charge in [-0.2, -0.15) is 0 Å². The van der Waals surface area contributed by atoms with Gasteiger partial charge in [0.1, 0.15) is 0 Å². The first kappa shape index (κ1) is 17.0. The SMILES string of the molecule is CC(=O)Nc1ccc(NC(=O)C(C)(C)c2ccc(Cl)cc2)cc1. The van der Waals surface area contributed by atoms with Gasteiger partial charge in [-0.25, -0.2) is 0 Å². The summed E-state index contributed by atoms with van der Waals surface area (Å²) in [5, 5.41) is 6.21. The molecule has 0 aliphatic carbocycles. The standard InChI is InChI=1S/C18H19ClN2O2/c1-12(22)20-15-8-10-16(11-9-15)21-17(23)18(2,3)13-4-6-14(19)7-5-13/h4-11H,1-3H3,(H,20,22)(H,21,23). The Balaban J connectivity index is 2.11. The van der Waals surface area contributed by atoms with Gasteiger partial charge in [0, 0.05) is 23.3 Å². The molecule has 0 saturated carbocycles. The zero-order chi connectivity index (χ0) is 17.0. The van der Waals surface area contributed by atoms with Crippen LogP contribution in [-0.2, 0) is 15.0 Å². The molecule has 120 valence electrons. The van der Waals surface area contributed by atoms with Gasteiger partial charge in [0.2, 0.25) is 11.8 Å². The van der Waals surface area contributed by atoms with Crippen molar-refractivity contribution in [3.8, 4) is 0 Å². The highest BCUT2D eigenvalue weighted by Crippen LogP contribution is 2.26. The van der Waals surface area contributed by atoms with Crippen LogP contribution in [0.3, 0.4) is 0 Å². The summed E-state index contributed by atoms with van der Waals surface area (Å²) < 4.78 is 0. The molecule has 2 N–H and O–H groups in total. The highest BCUT2D eigenvalue weighted by molar-refractivity contribution is 6.30. The third kappa shape index (κ3) is 4.33. The van der Waals surface area contributed by atoms with E-state index < -0.39 is 5.41 Å². The lowest BCUT2D eigenvalue weighted by Gasteiger charge is -2.24. The van der Waals surface area contributed by atoms with Crippen molar-refractivity contribution in [2.24, 2.45) is 0 Å². The number of amides is 2. The maximum absolute atomic E-state index is 12.6. The molecule has 2 aromatic carbocycles. The van der Waals surface area contributed by atoms with E-state index in [1.807, 2.05) is 26.0 Å². The Morgan fingerprint density at radius 1 is 0.870 bits per heavy atom. The molecule has 2 amide bonds. The Bertz CT molecular complexity index is 707. The fraction of sp³-hybridized carbons (Fsp3) is 0.222. The number of hydrogen-bond donors (Lipinski definition) is 2. The minimum atomic E-state index is -0.694. The second kappa shape index (κ2) is 6.84. The Hall–Kier alpha value is -2.33. The molecule has 0 unspecified atom stereocenters. The van der Waals surface area contributed by atoms with Crippen molar-refractivity contribution in [2.75, 3.05) is 10.6 Å². The molecule has 0 radical (unpaired) electrons. The number of hydrogen-bond acceptors (Lipinski definition) is 2. The molecular formula is C18H19ClN2O2. The third-order valence-corrected chi connectivity index (χ3v) is 3.85. The topological polar surface area (TPSA) is 58.2 Å². The van der Waals surface area contributed by atoms with Crippen molar-refractivity contribution in [3.05, 3.63) is 59.1 Å². The summed E-state index contributed by atoms with van der Waals surface area (Å²) >= 11 is 5.89. The van der Waals surface area contributed by atoms with E-state index in [-0.39, 0.29) is 11.8 Å². The molecule has 5 heteroatoms.